The standard InChI is InChI=1S/C11H13Cl2NO/c12-9-4-3-8(11(13)7-9)6-10(15)2-1-5-14/h3-4,7H,1-2,5-6,14H2. The van der Waals surface area contributed by atoms with Gasteiger partial charge in [-0.1, -0.05) is 29.3 Å². The second-order valence-corrected chi connectivity index (χ2v) is 4.19. The molecule has 0 amide bonds. The molecular formula is C11H13Cl2NO. The van der Waals surface area contributed by atoms with Gasteiger partial charge in [0.15, 0.2) is 0 Å². The molecule has 0 saturated heterocycles. The van der Waals surface area contributed by atoms with Crippen molar-refractivity contribution in [3.63, 3.8) is 0 Å². The first kappa shape index (κ1) is 12.5. The SMILES string of the molecule is NCCCC(=O)Cc1ccc(Cl)cc1Cl. The molecule has 0 fully saturated rings. The summed E-state index contributed by atoms with van der Waals surface area (Å²) in [5.74, 6) is 0.157. The summed E-state index contributed by atoms with van der Waals surface area (Å²) in [6, 6.07) is 5.17. The number of carbonyl (C=O) groups excluding carboxylic acids is 1. The molecule has 2 nitrogen and oxygen atoms in total. The maximum atomic E-state index is 11.5. The highest BCUT2D eigenvalue weighted by Crippen LogP contribution is 2.21. The van der Waals surface area contributed by atoms with Crippen LogP contribution in [0.2, 0.25) is 10.0 Å². The van der Waals surface area contributed by atoms with Crippen LogP contribution < -0.4 is 5.73 Å². The summed E-state index contributed by atoms with van der Waals surface area (Å²) in [5.41, 5.74) is 6.15. The molecule has 1 aromatic rings. The molecule has 0 bridgehead atoms. The molecule has 82 valence electrons. The number of ketones is 1. The molecule has 0 unspecified atom stereocenters. The summed E-state index contributed by atoms with van der Waals surface area (Å²) >= 11 is 11.7. The molecule has 0 aromatic heterocycles. The van der Waals surface area contributed by atoms with Gasteiger partial charge in [-0.3, -0.25) is 4.79 Å². The maximum absolute atomic E-state index is 11.5. The Kier molecular flexibility index (Phi) is 5.09. The number of Topliss-reactive ketones (excluding diaryl/α,β-unsaturated/α-hetero) is 1. The lowest BCUT2D eigenvalue weighted by atomic mass is 10.1. The van der Waals surface area contributed by atoms with Crippen molar-refractivity contribution in [3.05, 3.63) is 33.8 Å². The summed E-state index contributed by atoms with van der Waals surface area (Å²) in [7, 11) is 0. The first-order valence-corrected chi connectivity index (χ1v) is 5.54. The van der Waals surface area contributed by atoms with Crippen LogP contribution in [0.25, 0.3) is 0 Å². The van der Waals surface area contributed by atoms with Gasteiger partial charge in [0.25, 0.3) is 0 Å². The van der Waals surface area contributed by atoms with Crippen molar-refractivity contribution < 1.29 is 4.79 Å². The molecule has 15 heavy (non-hydrogen) atoms. The van der Waals surface area contributed by atoms with Crippen molar-refractivity contribution in [1.29, 1.82) is 0 Å². The van der Waals surface area contributed by atoms with E-state index in [-0.39, 0.29) is 5.78 Å². The Morgan fingerprint density at radius 1 is 1.33 bits per heavy atom. The van der Waals surface area contributed by atoms with Crippen molar-refractivity contribution >= 4 is 29.0 Å². The Bertz CT molecular complexity index is 352. The number of rotatable bonds is 5. The second-order valence-electron chi connectivity index (χ2n) is 3.34. The normalized spacial score (nSPS) is 10.3. The van der Waals surface area contributed by atoms with E-state index in [1.54, 1.807) is 18.2 Å². The van der Waals surface area contributed by atoms with Gasteiger partial charge in [0.1, 0.15) is 5.78 Å². The molecule has 1 aromatic carbocycles. The van der Waals surface area contributed by atoms with Gasteiger partial charge in [-0.05, 0) is 30.7 Å². The maximum Gasteiger partial charge on any atom is 0.137 e. The highest BCUT2D eigenvalue weighted by molar-refractivity contribution is 6.35. The van der Waals surface area contributed by atoms with E-state index in [1.165, 1.54) is 0 Å². The molecule has 0 saturated carbocycles. The number of carbonyl (C=O) groups is 1. The van der Waals surface area contributed by atoms with Crippen LogP contribution in [-0.2, 0) is 11.2 Å². The van der Waals surface area contributed by atoms with Crippen LogP contribution >= 0.6 is 23.2 Å². The average Bonchev–Trinajstić information content (AvgIpc) is 2.19. The minimum Gasteiger partial charge on any atom is -0.330 e. The van der Waals surface area contributed by atoms with E-state index in [1.807, 2.05) is 0 Å². The molecule has 0 radical (unpaired) electrons. The highest BCUT2D eigenvalue weighted by Gasteiger charge is 2.07. The van der Waals surface area contributed by atoms with Gasteiger partial charge in [-0.15, -0.1) is 0 Å². The van der Waals surface area contributed by atoms with Gasteiger partial charge < -0.3 is 5.73 Å². The molecule has 0 spiro atoms. The quantitative estimate of drug-likeness (QED) is 0.868. The fourth-order valence-electron chi connectivity index (χ4n) is 1.27. The Balaban J connectivity index is 2.60. The van der Waals surface area contributed by atoms with Crippen molar-refractivity contribution in [3.8, 4) is 0 Å². The largest absolute Gasteiger partial charge is 0.330 e. The monoisotopic (exact) mass is 245 g/mol. The van der Waals surface area contributed by atoms with Crippen LogP contribution in [0.3, 0.4) is 0 Å². The van der Waals surface area contributed by atoms with E-state index in [0.717, 1.165) is 12.0 Å². The molecule has 0 aliphatic rings. The van der Waals surface area contributed by atoms with Crippen LogP contribution in [0.15, 0.2) is 18.2 Å². The third kappa shape index (κ3) is 4.20. The van der Waals surface area contributed by atoms with E-state index in [9.17, 15) is 4.79 Å². The van der Waals surface area contributed by atoms with Crippen LogP contribution in [0.1, 0.15) is 18.4 Å². The second kappa shape index (κ2) is 6.11. The molecule has 0 aliphatic heterocycles. The van der Waals surface area contributed by atoms with Crippen molar-refractivity contribution in [1.82, 2.24) is 0 Å². The Morgan fingerprint density at radius 3 is 2.67 bits per heavy atom. The minimum atomic E-state index is 0.157. The molecule has 0 heterocycles. The number of benzene rings is 1. The third-order valence-electron chi connectivity index (χ3n) is 2.06. The predicted octanol–water partition coefficient (Wildman–Crippen LogP) is 2.84. The van der Waals surface area contributed by atoms with Gasteiger partial charge in [0.2, 0.25) is 0 Å². The van der Waals surface area contributed by atoms with Crippen molar-refractivity contribution in [2.24, 2.45) is 5.73 Å². The number of hydrogen-bond acceptors (Lipinski definition) is 2. The Morgan fingerprint density at radius 2 is 2.07 bits per heavy atom. The Labute approximate surface area is 99.4 Å². The van der Waals surface area contributed by atoms with Gasteiger partial charge in [0.05, 0.1) is 0 Å². The number of hydrogen-bond donors (Lipinski definition) is 1. The lowest BCUT2D eigenvalue weighted by Crippen LogP contribution is -2.07. The Hall–Kier alpha value is -0.570. The van der Waals surface area contributed by atoms with E-state index in [2.05, 4.69) is 0 Å². The van der Waals surface area contributed by atoms with Crippen LogP contribution in [0, 0.1) is 0 Å². The zero-order valence-electron chi connectivity index (χ0n) is 8.30. The van der Waals surface area contributed by atoms with Gasteiger partial charge in [-0.25, -0.2) is 0 Å². The summed E-state index contributed by atoms with van der Waals surface area (Å²) in [5, 5.41) is 1.13. The topological polar surface area (TPSA) is 43.1 Å². The van der Waals surface area contributed by atoms with Crippen LogP contribution in [0.5, 0.6) is 0 Å². The first-order valence-electron chi connectivity index (χ1n) is 4.79. The smallest absolute Gasteiger partial charge is 0.137 e. The summed E-state index contributed by atoms with van der Waals surface area (Å²) in [6.07, 6.45) is 1.59. The predicted molar refractivity (Wildman–Crippen MR) is 63.5 cm³/mol. The van der Waals surface area contributed by atoms with Gasteiger partial charge in [-0.2, -0.15) is 0 Å². The van der Waals surface area contributed by atoms with Gasteiger partial charge >= 0.3 is 0 Å². The summed E-state index contributed by atoms with van der Waals surface area (Å²) in [4.78, 5) is 11.5. The number of halogens is 2. The fraction of sp³-hybridized carbons (Fsp3) is 0.364. The molecule has 1 rings (SSSR count). The van der Waals surface area contributed by atoms with Crippen molar-refractivity contribution in [2.75, 3.05) is 6.54 Å². The zero-order chi connectivity index (χ0) is 11.3. The average molecular weight is 246 g/mol. The lowest BCUT2D eigenvalue weighted by Gasteiger charge is -2.03. The molecule has 2 N–H and O–H groups in total. The third-order valence-corrected chi connectivity index (χ3v) is 2.65. The fourth-order valence-corrected chi connectivity index (χ4v) is 1.74. The van der Waals surface area contributed by atoms with Gasteiger partial charge in [0, 0.05) is 22.9 Å². The van der Waals surface area contributed by atoms with E-state index in [4.69, 9.17) is 28.9 Å². The van der Waals surface area contributed by atoms with Crippen LogP contribution in [0.4, 0.5) is 0 Å². The zero-order valence-corrected chi connectivity index (χ0v) is 9.81. The molecule has 0 aliphatic carbocycles. The van der Waals surface area contributed by atoms with Crippen LogP contribution in [-0.4, -0.2) is 12.3 Å². The summed E-state index contributed by atoms with van der Waals surface area (Å²) < 4.78 is 0. The lowest BCUT2D eigenvalue weighted by molar-refractivity contribution is -0.118. The van der Waals surface area contributed by atoms with E-state index < -0.39 is 0 Å². The molecule has 4 heteroatoms. The molecular weight excluding hydrogens is 233 g/mol. The highest BCUT2D eigenvalue weighted by atomic mass is 35.5. The molecule has 0 atom stereocenters. The van der Waals surface area contributed by atoms with Crippen molar-refractivity contribution in [2.45, 2.75) is 19.3 Å². The summed E-state index contributed by atoms with van der Waals surface area (Å²) in [6.45, 7) is 0.542. The minimum absolute atomic E-state index is 0.157. The first-order chi connectivity index (χ1) is 7.13. The number of nitrogens with two attached hydrogens (primary N) is 1. The van der Waals surface area contributed by atoms with E-state index >= 15 is 0 Å². The van der Waals surface area contributed by atoms with E-state index in [0.29, 0.717) is 29.4 Å².